The molecule has 0 spiro atoms. The zero-order valence-corrected chi connectivity index (χ0v) is 15.0. The molecule has 0 bridgehead atoms. The van der Waals surface area contributed by atoms with Crippen molar-refractivity contribution in [2.24, 2.45) is 11.3 Å². The second-order valence-corrected chi connectivity index (χ2v) is 7.92. The molecule has 2 aliphatic rings. The van der Waals surface area contributed by atoms with Crippen molar-refractivity contribution in [1.82, 2.24) is 14.9 Å². The molecule has 25 heavy (non-hydrogen) atoms. The van der Waals surface area contributed by atoms with E-state index in [1.807, 2.05) is 29.3 Å². The molecule has 6 nitrogen and oxygen atoms in total. The highest BCUT2D eigenvalue weighted by Crippen LogP contribution is 2.42. The second-order valence-electron chi connectivity index (χ2n) is 6.86. The van der Waals surface area contributed by atoms with Gasteiger partial charge in [0.2, 0.25) is 0 Å². The van der Waals surface area contributed by atoms with E-state index in [9.17, 15) is 4.79 Å². The summed E-state index contributed by atoms with van der Waals surface area (Å²) in [6.07, 6.45) is 3.54. The lowest BCUT2D eigenvalue weighted by molar-refractivity contribution is 0.0185. The summed E-state index contributed by atoms with van der Waals surface area (Å²) in [5.74, 6) is 0.348. The predicted octanol–water partition coefficient (Wildman–Crippen LogP) is 2.15. The van der Waals surface area contributed by atoms with Gasteiger partial charge in [-0.25, -0.2) is 4.98 Å². The van der Waals surface area contributed by atoms with E-state index in [4.69, 9.17) is 9.47 Å². The number of carbonyl (C=O) groups excluding carboxylic acids is 1. The Bertz CT molecular complexity index is 751. The van der Waals surface area contributed by atoms with Crippen LogP contribution in [0.4, 0.5) is 0 Å². The van der Waals surface area contributed by atoms with Gasteiger partial charge in [0.25, 0.3) is 5.91 Å². The summed E-state index contributed by atoms with van der Waals surface area (Å²) in [6, 6.07) is 3.91. The van der Waals surface area contributed by atoms with Crippen molar-refractivity contribution >= 4 is 17.2 Å². The fourth-order valence-corrected chi connectivity index (χ4v) is 4.25. The van der Waals surface area contributed by atoms with Crippen LogP contribution < -0.4 is 0 Å². The van der Waals surface area contributed by atoms with Crippen molar-refractivity contribution in [3.63, 3.8) is 0 Å². The monoisotopic (exact) mass is 359 g/mol. The number of aryl methyl sites for hydroxylation is 1. The molecule has 0 saturated carbocycles. The van der Waals surface area contributed by atoms with Crippen LogP contribution in [-0.2, 0) is 16.1 Å². The number of fused-ring (bicyclic) bond motifs is 1. The molecule has 4 rings (SSSR count). The van der Waals surface area contributed by atoms with Crippen LogP contribution in [0, 0.1) is 18.3 Å². The maximum atomic E-state index is 12.7. The van der Waals surface area contributed by atoms with E-state index in [0.717, 1.165) is 10.6 Å². The third-order valence-corrected chi connectivity index (χ3v) is 5.83. The first-order chi connectivity index (χ1) is 12.2. The van der Waals surface area contributed by atoms with E-state index in [2.05, 4.69) is 9.97 Å². The molecule has 2 fully saturated rings. The first kappa shape index (κ1) is 16.6. The predicted molar refractivity (Wildman–Crippen MR) is 93.4 cm³/mol. The van der Waals surface area contributed by atoms with E-state index < -0.39 is 0 Å². The van der Waals surface area contributed by atoms with Crippen molar-refractivity contribution in [2.75, 3.05) is 32.9 Å². The lowest BCUT2D eigenvalue weighted by Crippen LogP contribution is -2.37. The van der Waals surface area contributed by atoms with Gasteiger partial charge in [-0.15, -0.1) is 11.3 Å². The first-order valence-electron chi connectivity index (χ1n) is 8.42. The second kappa shape index (κ2) is 6.82. The molecule has 0 radical (unpaired) electrons. The number of hydrogen-bond donors (Lipinski definition) is 0. The summed E-state index contributed by atoms with van der Waals surface area (Å²) in [5.41, 5.74) is 1.55. The number of rotatable bonds is 5. The average molecular weight is 359 g/mol. The van der Waals surface area contributed by atoms with Crippen molar-refractivity contribution in [1.29, 1.82) is 0 Å². The van der Waals surface area contributed by atoms with Crippen molar-refractivity contribution in [3.05, 3.63) is 46.2 Å². The molecule has 2 saturated heterocycles. The molecular weight excluding hydrogens is 338 g/mol. The van der Waals surface area contributed by atoms with Crippen molar-refractivity contribution < 1.29 is 14.3 Å². The van der Waals surface area contributed by atoms with E-state index in [0.29, 0.717) is 51.1 Å². The minimum atomic E-state index is -0.103. The number of ether oxygens (including phenoxy) is 2. The van der Waals surface area contributed by atoms with Crippen LogP contribution in [0.1, 0.15) is 21.1 Å². The van der Waals surface area contributed by atoms with Gasteiger partial charge < -0.3 is 14.4 Å². The Kier molecular flexibility index (Phi) is 4.54. The Morgan fingerprint density at radius 1 is 1.48 bits per heavy atom. The van der Waals surface area contributed by atoms with E-state index in [1.54, 1.807) is 12.4 Å². The molecule has 7 heteroatoms. The van der Waals surface area contributed by atoms with Crippen LogP contribution in [0.5, 0.6) is 0 Å². The van der Waals surface area contributed by atoms with Gasteiger partial charge in [-0.3, -0.25) is 9.78 Å². The number of hydrogen-bond acceptors (Lipinski definition) is 6. The summed E-state index contributed by atoms with van der Waals surface area (Å²) >= 11 is 1.51. The van der Waals surface area contributed by atoms with E-state index in [-0.39, 0.29) is 11.3 Å². The van der Waals surface area contributed by atoms with Crippen LogP contribution in [0.3, 0.4) is 0 Å². The maximum absolute atomic E-state index is 12.7. The Labute approximate surface area is 150 Å². The number of pyridine rings is 1. The Hall–Kier alpha value is -1.83. The van der Waals surface area contributed by atoms with Crippen molar-refractivity contribution in [3.8, 4) is 0 Å². The zero-order chi connectivity index (χ0) is 17.3. The third kappa shape index (κ3) is 3.31. The molecule has 2 aliphatic heterocycles. The average Bonchev–Trinajstić information content (AvgIpc) is 3.29. The van der Waals surface area contributed by atoms with Gasteiger partial charge in [-0.2, -0.15) is 0 Å². The molecule has 0 aromatic carbocycles. The minimum absolute atomic E-state index is 0.0206. The summed E-state index contributed by atoms with van der Waals surface area (Å²) in [6.45, 7) is 5.79. The zero-order valence-electron chi connectivity index (χ0n) is 14.2. The number of nitrogens with zero attached hydrogens (tertiary/aromatic N) is 3. The van der Waals surface area contributed by atoms with Crippen molar-refractivity contribution in [2.45, 2.75) is 13.5 Å². The van der Waals surface area contributed by atoms with Crippen LogP contribution >= 0.6 is 11.3 Å². The molecule has 2 aromatic heterocycles. The molecule has 132 valence electrons. The maximum Gasteiger partial charge on any atom is 0.273 e. The highest BCUT2D eigenvalue weighted by Gasteiger charge is 2.52. The SMILES string of the molecule is Cc1nc(C(=O)N2C[C@@H]3COC[C@]3(COCc3ccncc3)C2)cs1. The van der Waals surface area contributed by atoms with Crippen LogP contribution in [0.2, 0.25) is 0 Å². The van der Waals surface area contributed by atoms with Gasteiger partial charge in [-0.05, 0) is 24.6 Å². The first-order valence-corrected chi connectivity index (χ1v) is 9.30. The Morgan fingerprint density at radius 2 is 2.32 bits per heavy atom. The topological polar surface area (TPSA) is 64.6 Å². The van der Waals surface area contributed by atoms with Crippen LogP contribution in [0.25, 0.3) is 0 Å². The van der Waals surface area contributed by atoms with Gasteiger partial charge in [0.05, 0.1) is 31.4 Å². The van der Waals surface area contributed by atoms with Gasteiger partial charge in [0.15, 0.2) is 0 Å². The van der Waals surface area contributed by atoms with Gasteiger partial charge in [-0.1, -0.05) is 0 Å². The molecule has 0 N–H and O–H groups in total. The molecule has 2 atom stereocenters. The van der Waals surface area contributed by atoms with Crippen LogP contribution in [0.15, 0.2) is 29.9 Å². The highest BCUT2D eigenvalue weighted by molar-refractivity contribution is 7.09. The summed E-state index contributed by atoms with van der Waals surface area (Å²) in [4.78, 5) is 23.0. The van der Waals surface area contributed by atoms with E-state index >= 15 is 0 Å². The number of thiazole rings is 1. The quantitative estimate of drug-likeness (QED) is 0.818. The number of likely N-dealkylation sites (tertiary alicyclic amines) is 1. The molecule has 0 unspecified atom stereocenters. The number of amides is 1. The minimum Gasteiger partial charge on any atom is -0.380 e. The summed E-state index contributed by atoms with van der Waals surface area (Å²) in [7, 11) is 0. The number of carbonyl (C=O) groups is 1. The Balaban J connectivity index is 1.41. The molecule has 1 amide bonds. The lowest BCUT2D eigenvalue weighted by atomic mass is 9.82. The largest absolute Gasteiger partial charge is 0.380 e. The molecule has 4 heterocycles. The van der Waals surface area contributed by atoms with E-state index in [1.165, 1.54) is 11.3 Å². The highest BCUT2D eigenvalue weighted by atomic mass is 32.1. The fourth-order valence-electron chi connectivity index (χ4n) is 3.67. The summed E-state index contributed by atoms with van der Waals surface area (Å²) < 4.78 is 11.7. The standard InChI is InChI=1S/C18H21N3O3S/c1-13-20-16(9-25-13)17(22)21-6-15-8-24-12-18(15,10-21)11-23-7-14-2-4-19-5-3-14/h2-5,9,15H,6-8,10-12H2,1H3/t15-,18-/m1/s1. The number of aromatic nitrogens is 2. The molecular formula is C18H21N3O3S. The molecule has 0 aliphatic carbocycles. The summed E-state index contributed by atoms with van der Waals surface area (Å²) in [5, 5.41) is 2.76. The van der Waals surface area contributed by atoms with Crippen LogP contribution in [-0.4, -0.2) is 53.7 Å². The van der Waals surface area contributed by atoms with Gasteiger partial charge >= 0.3 is 0 Å². The van der Waals surface area contributed by atoms with Gasteiger partial charge in [0.1, 0.15) is 5.69 Å². The fraction of sp³-hybridized carbons (Fsp3) is 0.500. The smallest absolute Gasteiger partial charge is 0.273 e. The Morgan fingerprint density at radius 3 is 3.08 bits per heavy atom. The molecule has 2 aromatic rings. The third-order valence-electron chi connectivity index (χ3n) is 5.05. The van der Waals surface area contributed by atoms with Gasteiger partial charge in [0, 0.05) is 42.2 Å². The normalized spacial score (nSPS) is 25.3. The lowest BCUT2D eigenvalue weighted by Gasteiger charge is -2.26.